The van der Waals surface area contributed by atoms with Gasteiger partial charge in [0.2, 0.25) is 5.91 Å². The van der Waals surface area contributed by atoms with Gasteiger partial charge in [-0.25, -0.2) is 4.79 Å². The molecule has 1 amide bonds. The molecule has 0 saturated heterocycles. The largest absolute Gasteiger partial charge is 0.465 e. The van der Waals surface area contributed by atoms with Crippen molar-refractivity contribution in [3.05, 3.63) is 28.8 Å². The van der Waals surface area contributed by atoms with Crippen molar-refractivity contribution in [3.63, 3.8) is 0 Å². The Balaban J connectivity index is 3.40. The number of Topliss-reactive ketones (excluding diaryl/α,β-unsaturated/α-hetero) is 1. The van der Waals surface area contributed by atoms with E-state index < -0.39 is 5.97 Å². The van der Waals surface area contributed by atoms with Crippen molar-refractivity contribution >= 4 is 23.3 Å². The minimum atomic E-state index is -0.589. The van der Waals surface area contributed by atoms with E-state index in [9.17, 15) is 14.4 Å². The second kappa shape index (κ2) is 6.13. The molecule has 0 aliphatic heterocycles. The first-order valence-corrected chi connectivity index (χ1v) is 5.94. The molecule has 19 heavy (non-hydrogen) atoms. The number of amides is 1. The van der Waals surface area contributed by atoms with Gasteiger partial charge in [0.25, 0.3) is 0 Å². The molecule has 0 spiro atoms. The average molecular weight is 263 g/mol. The molecule has 0 bridgehead atoms. The summed E-state index contributed by atoms with van der Waals surface area (Å²) in [6, 6.07) is 3.08. The van der Waals surface area contributed by atoms with E-state index in [1.54, 1.807) is 19.9 Å². The number of ketones is 1. The van der Waals surface area contributed by atoms with Crippen molar-refractivity contribution in [1.29, 1.82) is 0 Å². The Morgan fingerprint density at radius 3 is 2.32 bits per heavy atom. The summed E-state index contributed by atoms with van der Waals surface area (Å²) in [5.74, 6) is -0.940. The van der Waals surface area contributed by atoms with Gasteiger partial charge in [-0.1, -0.05) is 6.92 Å². The van der Waals surface area contributed by atoms with Crippen molar-refractivity contribution in [1.82, 2.24) is 0 Å². The number of methoxy groups -OCH3 is 1. The first-order valence-electron chi connectivity index (χ1n) is 5.94. The minimum Gasteiger partial charge on any atom is -0.465 e. The summed E-state index contributed by atoms with van der Waals surface area (Å²) < 4.78 is 4.67. The Morgan fingerprint density at radius 1 is 1.21 bits per heavy atom. The summed E-state index contributed by atoms with van der Waals surface area (Å²) >= 11 is 0. The molecule has 0 aliphatic rings. The summed E-state index contributed by atoms with van der Waals surface area (Å²) in [6.45, 7) is 4.86. The van der Waals surface area contributed by atoms with Crippen LogP contribution in [0.2, 0.25) is 0 Å². The van der Waals surface area contributed by atoms with Crippen LogP contribution in [-0.2, 0) is 9.53 Å². The molecule has 5 nitrogen and oxygen atoms in total. The summed E-state index contributed by atoms with van der Waals surface area (Å²) in [7, 11) is 1.25. The number of carbonyl (C=O) groups is 3. The predicted octanol–water partition coefficient (Wildman–Crippen LogP) is 2.33. The fourth-order valence-electron chi connectivity index (χ4n) is 1.77. The zero-order chi connectivity index (χ0) is 14.6. The molecule has 0 atom stereocenters. The van der Waals surface area contributed by atoms with E-state index in [1.807, 2.05) is 0 Å². The smallest absolute Gasteiger partial charge is 0.339 e. The molecule has 0 radical (unpaired) electrons. The lowest BCUT2D eigenvalue weighted by Crippen LogP contribution is -2.14. The highest BCUT2D eigenvalue weighted by atomic mass is 16.5. The van der Waals surface area contributed by atoms with Crippen LogP contribution in [0.5, 0.6) is 0 Å². The van der Waals surface area contributed by atoms with Crippen LogP contribution in [0.25, 0.3) is 0 Å². The number of hydrogen-bond donors (Lipinski definition) is 1. The van der Waals surface area contributed by atoms with E-state index in [-0.39, 0.29) is 17.3 Å². The molecule has 5 heteroatoms. The number of esters is 1. The molecule has 1 N–H and O–H groups in total. The second-order valence-corrected chi connectivity index (χ2v) is 4.16. The number of aryl methyl sites for hydroxylation is 1. The number of hydrogen-bond acceptors (Lipinski definition) is 4. The van der Waals surface area contributed by atoms with Crippen molar-refractivity contribution in [3.8, 4) is 0 Å². The standard InChI is InChI=1S/C14H17NO4/c1-5-13(17)10-7-11(14(18)19-4)12(6-8(10)2)15-9(3)16/h6-7H,5H2,1-4H3,(H,15,16). The fourth-order valence-corrected chi connectivity index (χ4v) is 1.77. The SMILES string of the molecule is CCC(=O)c1cc(C(=O)OC)c(NC(C)=O)cc1C. The molecule has 0 saturated carbocycles. The molecule has 1 aromatic rings. The van der Waals surface area contributed by atoms with Gasteiger partial charge >= 0.3 is 5.97 Å². The quantitative estimate of drug-likeness (QED) is 0.668. The number of anilines is 1. The third-order valence-electron chi connectivity index (χ3n) is 2.70. The van der Waals surface area contributed by atoms with Crippen LogP contribution in [0, 0.1) is 6.92 Å². The molecule has 0 unspecified atom stereocenters. The fraction of sp³-hybridized carbons (Fsp3) is 0.357. The normalized spacial score (nSPS) is 9.89. The molecule has 0 aromatic heterocycles. The van der Waals surface area contributed by atoms with Crippen LogP contribution < -0.4 is 5.32 Å². The summed E-state index contributed by atoms with van der Waals surface area (Å²) in [6.07, 6.45) is 0.348. The molecular formula is C14H17NO4. The molecule has 102 valence electrons. The minimum absolute atomic E-state index is 0.0583. The highest BCUT2D eigenvalue weighted by molar-refractivity contribution is 6.05. The summed E-state index contributed by atoms with van der Waals surface area (Å²) in [4.78, 5) is 34.6. The van der Waals surface area contributed by atoms with Crippen molar-refractivity contribution in [2.24, 2.45) is 0 Å². The van der Waals surface area contributed by atoms with Gasteiger partial charge in [0, 0.05) is 18.9 Å². The van der Waals surface area contributed by atoms with Crippen LogP contribution in [0.1, 0.15) is 46.5 Å². The van der Waals surface area contributed by atoms with E-state index in [1.165, 1.54) is 20.1 Å². The average Bonchev–Trinajstić information content (AvgIpc) is 2.36. The van der Waals surface area contributed by atoms with E-state index in [2.05, 4.69) is 10.1 Å². The number of nitrogens with one attached hydrogen (secondary N) is 1. The van der Waals surface area contributed by atoms with E-state index in [0.29, 0.717) is 23.2 Å². The van der Waals surface area contributed by atoms with Crippen LogP contribution in [-0.4, -0.2) is 24.8 Å². The first-order chi connectivity index (χ1) is 8.90. The van der Waals surface area contributed by atoms with Gasteiger partial charge in [0.05, 0.1) is 18.4 Å². The molecule has 1 aromatic carbocycles. The summed E-state index contributed by atoms with van der Waals surface area (Å²) in [5, 5.41) is 2.56. The second-order valence-electron chi connectivity index (χ2n) is 4.16. The number of ether oxygens (including phenoxy) is 1. The highest BCUT2D eigenvalue weighted by Crippen LogP contribution is 2.23. The van der Waals surface area contributed by atoms with Gasteiger partial charge < -0.3 is 10.1 Å². The lowest BCUT2D eigenvalue weighted by Gasteiger charge is -2.12. The molecular weight excluding hydrogens is 246 g/mol. The Bertz CT molecular complexity index is 534. The summed E-state index contributed by atoms with van der Waals surface area (Å²) in [5.41, 5.74) is 1.71. The van der Waals surface area contributed by atoms with Gasteiger partial charge in [-0.15, -0.1) is 0 Å². The first kappa shape index (κ1) is 14.9. The number of benzene rings is 1. The highest BCUT2D eigenvalue weighted by Gasteiger charge is 2.18. The lowest BCUT2D eigenvalue weighted by atomic mass is 9.98. The van der Waals surface area contributed by atoms with E-state index in [4.69, 9.17) is 0 Å². The molecule has 1 rings (SSSR count). The molecule has 0 heterocycles. The maximum Gasteiger partial charge on any atom is 0.339 e. The third-order valence-corrected chi connectivity index (χ3v) is 2.70. The topological polar surface area (TPSA) is 72.5 Å². The third kappa shape index (κ3) is 3.40. The Labute approximate surface area is 111 Å². The Kier molecular flexibility index (Phi) is 4.80. The van der Waals surface area contributed by atoms with Gasteiger partial charge in [-0.3, -0.25) is 9.59 Å². The van der Waals surface area contributed by atoms with Crippen molar-refractivity contribution in [2.75, 3.05) is 12.4 Å². The van der Waals surface area contributed by atoms with E-state index in [0.717, 1.165) is 0 Å². The van der Waals surface area contributed by atoms with Crippen LogP contribution in [0.15, 0.2) is 12.1 Å². The van der Waals surface area contributed by atoms with Crippen LogP contribution in [0.4, 0.5) is 5.69 Å². The number of rotatable bonds is 4. The van der Waals surface area contributed by atoms with Crippen LogP contribution in [0.3, 0.4) is 0 Å². The Hall–Kier alpha value is -2.17. The van der Waals surface area contributed by atoms with Gasteiger partial charge in [-0.2, -0.15) is 0 Å². The predicted molar refractivity (Wildman–Crippen MR) is 71.4 cm³/mol. The molecule has 0 aliphatic carbocycles. The van der Waals surface area contributed by atoms with Gasteiger partial charge in [0.15, 0.2) is 5.78 Å². The van der Waals surface area contributed by atoms with Crippen molar-refractivity contribution < 1.29 is 19.1 Å². The van der Waals surface area contributed by atoms with Gasteiger partial charge in [0.1, 0.15) is 0 Å². The maximum absolute atomic E-state index is 11.8. The maximum atomic E-state index is 11.8. The number of carbonyl (C=O) groups excluding carboxylic acids is 3. The van der Waals surface area contributed by atoms with E-state index >= 15 is 0 Å². The zero-order valence-corrected chi connectivity index (χ0v) is 11.5. The van der Waals surface area contributed by atoms with Gasteiger partial charge in [-0.05, 0) is 24.6 Å². The van der Waals surface area contributed by atoms with Crippen LogP contribution >= 0.6 is 0 Å². The van der Waals surface area contributed by atoms with Crippen molar-refractivity contribution in [2.45, 2.75) is 27.2 Å². The Morgan fingerprint density at radius 2 is 1.84 bits per heavy atom. The monoisotopic (exact) mass is 263 g/mol. The molecule has 0 fully saturated rings. The zero-order valence-electron chi connectivity index (χ0n) is 11.5. The lowest BCUT2D eigenvalue weighted by molar-refractivity contribution is -0.114.